The van der Waals surface area contributed by atoms with Crippen molar-refractivity contribution in [3.8, 4) is 0 Å². The minimum atomic E-state index is -0.171. The van der Waals surface area contributed by atoms with Crippen LogP contribution < -0.4 is 10.9 Å². The van der Waals surface area contributed by atoms with Crippen LogP contribution in [0.5, 0.6) is 0 Å². The number of hydrazine groups is 1. The van der Waals surface area contributed by atoms with Gasteiger partial charge in [0.25, 0.3) is 0 Å². The van der Waals surface area contributed by atoms with E-state index in [9.17, 15) is 4.79 Å². The highest BCUT2D eigenvalue weighted by Crippen LogP contribution is 2.33. The first kappa shape index (κ1) is 19.7. The highest BCUT2D eigenvalue weighted by atomic mass is 16.2. The normalized spacial score (nSPS) is 13.1. The van der Waals surface area contributed by atoms with Crippen LogP contribution in [-0.4, -0.2) is 23.3 Å². The van der Waals surface area contributed by atoms with Gasteiger partial charge in [-0.3, -0.25) is 15.6 Å². The summed E-state index contributed by atoms with van der Waals surface area (Å²) in [5.41, 5.74) is 13.4. The molecule has 2 aromatic carbocycles. The summed E-state index contributed by atoms with van der Waals surface area (Å²) in [6.07, 6.45) is 1.87. The van der Waals surface area contributed by atoms with Crippen LogP contribution in [0, 0.1) is 13.8 Å². The van der Waals surface area contributed by atoms with Gasteiger partial charge in [-0.05, 0) is 49.4 Å². The lowest BCUT2D eigenvalue weighted by atomic mass is 9.99. The smallest absolute Gasteiger partial charge is 0.235 e. The molecular formula is C23H28N4O. The first-order valence-corrected chi connectivity index (χ1v) is 9.66. The lowest BCUT2D eigenvalue weighted by Gasteiger charge is -2.32. The highest BCUT2D eigenvalue weighted by molar-refractivity contribution is 5.97. The van der Waals surface area contributed by atoms with Gasteiger partial charge < -0.3 is 4.90 Å². The molecule has 0 aliphatic carbocycles. The predicted molar refractivity (Wildman–Crippen MR) is 115 cm³/mol. The van der Waals surface area contributed by atoms with Gasteiger partial charge in [-0.25, -0.2) is 4.99 Å². The number of hydrogen-bond acceptors (Lipinski definition) is 4. The van der Waals surface area contributed by atoms with Crippen LogP contribution in [0.2, 0.25) is 0 Å². The molecule has 5 nitrogen and oxygen atoms in total. The van der Waals surface area contributed by atoms with Crippen molar-refractivity contribution >= 4 is 23.3 Å². The van der Waals surface area contributed by atoms with Crippen molar-refractivity contribution in [3.05, 3.63) is 70.8 Å². The van der Waals surface area contributed by atoms with Crippen LogP contribution >= 0.6 is 0 Å². The van der Waals surface area contributed by atoms with Crippen LogP contribution in [0.15, 0.2) is 48.0 Å². The van der Waals surface area contributed by atoms with Crippen molar-refractivity contribution in [1.29, 1.82) is 0 Å². The molecule has 1 amide bonds. The summed E-state index contributed by atoms with van der Waals surface area (Å²) < 4.78 is 0. The molecule has 0 bridgehead atoms. The van der Waals surface area contributed by atoms with Crippen molar-refractivity contribution in [2.45, 2.75) is 40.5 Å². The van der Waals surface area contributed by atoms with Gasteiger partial charge in [0.15, 0.2) is 0 Å². The van der Waals surface area contributed by atoms with E-state index in [0.29, 0.717) is 12.5 Å². The highest BCUT2D eigenvalue weighted by Gasteiger charge is 2.24. The predicted octanol–water partition coefficient (Wildman–Crippen LogP) is 4.02. The zero-order valence-corrected chi connectivity index (χ0v) is 17.1. The number of fused-ring (bicyclic) bond motifs is 1. The van der Waals surface area contributed by atoms with Crippen LogP contribution in [-0.2, 0) is 17.6 Å². The lowest BCUT2D eigenvalue weighted by Crippen LogP contribution is -2.49. The minimum Gasteiger partial charge on any atom is -0.311 e. The molecule has 1 aliphatic rings. The zero-order chi connectivity index (χ0) is 20.3. The maximum Gasteiger partial charge on any atom is 0.235 e. The Hall–Kier alpha value is -3.08. The van der Waals surface area contributed by atoms with Gasteiger partial charge in [0.05, 0.1) is 5.69 Å². The summed E-state index contributed by atoms with van der Waals surface area (Å²) >= 11 is 0. The van der Waals surface area contributed by atoms with Gasteiger partial charge in [0.2, 0.25) is 11.9 Å². The molecule has 2 aromatic rings. The van der Waals surface area contributed by atoms with E-state index in [1.165, 1.54) is 23.6 Å². The summed E-state index contributed by atoms with van der Waals surface area (Å²) in [4.78, 5) is 18.2. The van der Waals surface area contributed by atoms with Crippen molar-refractivity contribution in [1.82, 2.24) is 15.8 Å². The Kier molecular flexibility index (Phi) is 5.83. The number of nitrogens with zero attached hydrogens (tertiary/aromatic N) is 2. The Labute approximate surface area is 167 Å². The molecule has 0 atom stereocenters. The van der Waals surface area contributed by atoms with E-state index in [4.69, 9.17) is 4.99 Å². The number of aryl methyl sites for hydroxylation is 3. The van der Waals surface area contributed by atoms with E-state index in [1.54, 1.807) is 0 Å². The number of rotatable bonds is 4. The minimum absolute atomic E-state index is 0.171. The molecule has 0 saturated heterocycles. The van der Waals surface area contributed by atoms with E-state index < -0.39 is 0 Å². The van der Waals surface area contributed by atoms with Crippen molar-refractivity contribution in [2.24, 2.45) is 4.99 Å². The Morgan fingerprint density at radius 2 is 1.82 bits per heavy atom. The molecule has 0 spiro atoms. The Bertz CT molecular complexity index is 946. The summed E-state index contributed by atoms with van der Waals surface area (Å²) in [5.74, 6) is 0.415. The number of carbonyl (C=O) groups excluding carboxylic acids is 1. The number of nitrogens with one attached hydrogen (secondary N) is 2. The van der Waals surface area contributed by atoms with Crippen LogP contribution in [0.4, 0.5) is 5.69 Å². The second-order valence-corrected chi connectivity index (χ2v) is 7.24. The fourth-order valence-electron chi connectivity index (χ4n) is 3.47. The molecule has 0 fully saturated rings. The third-order valence-corrected chi connectivity index (χ3v) is 4.97. The Balaban J connectivity index is 1.88. The van der Waals surface area contributed by atoms with Gasteiger partial charge in [-0.1, -0.05) is 49.4 Å². The largest absolute Gasteiger partial charge is 0.311 e. The van der Waals surface area contributed by atoms with Crippen molar-refractivity contribution < 1.29 is 4.79 Å². The molecule has 146 valence electrons. The molecular weight excluding hydrogens is 348 g/mol. The number of amides is 1. The van der Waals surface area contributed by atoms with Gasteiger partial charge in [-0.15, -0.1) is 0 Å². The first-order chi connectivity index (χ1) is 13.4. The topological polar surface area (TPSA) is 56.7 Å². The summed E-state index contributed by atoms with van der Waals surface area (Å²) in [6.45, 7) is 12.8. The fourth-order valence-corrected chi connectivity index (χ4v) is 3.47. The average molecular weight is 377 g/mol. The average Bonchev–Trinajstić information content (AvgIpc) is 2.66. The monoisotopic (exact) mass is 376 g/mol. The van der Waals surface area contributed by atoms with Crippen LogP contribution in [0.3, 0.4) is 0 Å². The molecule has 3 rings (SSSR count). The molecule has 0 radical (unpaired) electrons. The molecule has 2 N–H and O–H groups in total. The lowest BCUT2D eigenvalue weighted by molar-refractivity contribution is -0.119. The van der Waals surface area contributed by atoms with E-state index in [0.717, 1.165) is 35.4 Å². The zero-order valence-electron chi connectivity index (χ0n) is 17.1. The fraction of sp³-hybridized carbons (Fsp3) is 0.304. The number of guanidine groups is 1. The summed E-state index contributed by atoms with van der Waals surface area (Å²) in [5, 5.41) is 0. The van der Waals surface area contributed by atoms with E-state index in [-0.39, 0.29) is 5.91 Å². The number of carbonyl (C=O) groups is 1. The van der Waals surface area contributed by atoms with Gasteiger partial charge in [0, 0.05) is 24.7 Å². The molecule has 0 aromatic heterocycles. The number of aliphatic imine (C=N–C) groups is 1. The third-order valence-electron chi connectivity index (χ3n) is 4.97. The van der Waals surface area contributed by atoms with Crippen LogP contribution in [0.25, 0.3) is 5.70 Å². The molecule has 0 unspecified atom stereocenters. The Morgan fingerprint density at radius 3 is 2.54 bits per heavy atom. The van der Waals surface area contributed by atoms with Gasteiger partial charge >= 0.3 is 0 Å². The molecule has 1 aliphatic heterocycles. The molecule has 0 saturated carbocycles. The van der Waals surface area contributed by atoms with Crippen LogP contribution in [0.1, 0.15) is 41.7 Å². The maximum atomic E-state index is 11.4. The third kappa shape index (κ3) is 4.25. The quantitative estimate of drug-likeness (QED) is 0.793. The molecule has 28 heavy (non-hydrogen) atoms. The molecule has 1 heterocycles. The maximum absolute atomic E-state index is 11.4. The van der Waals surface area contributed by atoms with Crippen molar-refractivity contribution in [3.63, 3.8) is 0 Å². The van der Waals surface area contributed by atoms with Gasteiger partial charge in [0.1, 0.15) is 0 Å². The van der Waals surface area contributed by atoms with Crippen molar-refractivity contribution in [2.75, 3.05) is 6.54 Å². The second kappa shape index (κ2) is 8.30. The molecule has 5 heteroatoms. The number of hydrogen-bond donors (Lipinski definition) is 2. The summed E-state index contributed by atoms with van der Waals surface area (Å²) in [6, 6.07) is 12.8. The van der Waals surface area contributed by atoms with E-state index in [2.05, 4.69) is 61.6 Å². The first-order valence-electron chi connectivity index (χ1n) is 9.66. The summed E-state index contributed by atoms with van der Waals surface area (Å²) in [7, 11) is 0. The second-order valence-electron chi connectivity index (χ2n) is 7.24. The SMILES string of the molecule is C=C1c2ccc(C)cc2N=C(NNC(C)=O)N1CCc1ccc(C)cc1CC. The number of benzene rings is 2. The standard InChI is InChI=1S/C23H28N4O/c1-6-19-13-15(2)7-9-20(19)11-12-27-17(4)21-10-8-16(3)14-22(21)24-23(27)26-25-18(5)28/h7-10,13-14H,4,6,11-12H2,1-3,5H3,(H,24,26)(H,25,28). The van der Waals surface area contributed by atoms with E-state index in [1.807, 2.05) is 17.9 Å². The van der Waals surface area contributed by atoms with E-state index >= 15 is 0 Å². The van der Waals surface area contributed by atoms with Gasteiger partial charge in [-0.2, -0.15) is 0 Å². The Morgan fingerprint density at radius 1 is 1.11 bits per heavy atom.